The van der Waals surface area contributed by atoms with Gasteiger partial charge in [-0.2, -0.15) is 13.2 Å². The highest BCUT2D eigenvalue weighted by Gasteiger charge is 2.31. The van der Waals surface area contributed by atoms with Gasteiger partial charge in [0.1, 0.15) is 23.3 Å². The van der Waals surface area contributed by atoms with Gasteiger partial charge in [-0.15, -0.1) is 0 Å². The van der Waals surface area contributed by atoms with Crippen molar-refractivity contribution in [3.8, 4) is 22.3 Å². The van der Waals surface area contributed by atoms with E-state index in [-0.39, 0.29) is 28.1 Å². The molecule has 10 rings (SSSR count). The fourth-order valence-electron chi connectivity index (χ4n) is 9.63. The van der Waals surface area contributed by atoms with Crippen molar-refractivity contribution in [2.45, 2.75) is 52.4 Å². The summed E-state index contributed by atoms with van der Waals surface area (Å²) in [5.74, 6) is -3.22. The maximum Gasteiger partial charge on any atom is 0.416 e. The largest absolute Gasteiger partial charge is 0.416 e. The molecule has 0 fully saturated rings. The van der Waals surface area contributed by atoms with Crippen LogP contribution in [0.5, 0.6) is 0 Å². The van der Waals surface area contributed by atoms with Crippen LogP contribution in [0.1, 0.15) is 11.1 Å². The van der Waals surface area contributed by atoms with Crippen molar-refractivity contribution < 1.29 is 30.7 Å². The lowest BCUT2D eigenvalue weighted by Crippen LogP contribution is -2.37. The molecule has 10 aromatic carbocycles. The Morgan fingerprint density at radius 2 is 0.746 bits per heavy atom. The molecule has 0 aromatic heterocycles. The van der Waals surface area contributed by atoms with Gasteiger partial charge in [-0.1, -0.05) is 152 Å². The average Bonchev–Trinajstić information content (AvgIpc) is 3.33. The maximum atomic E-state index is 16.7. The van der Waals surface area contributed by atoms with Crippen LogP contribution in [0.2, 0.25) is 39.3 Å². The molecule has 0 unspecified atom stereocenters. The summed E-state index contributed by atoms with van der Waals surface area (Å²) in [7, 11) is -3.55. The number of benzene rings is 10. The van der Waals surface area contributed by atoms with Crippen molar-refractivity contribution in [3.63, 3.8) is 0 Å². The Kier molecular flexibility index (Phi) is 11.7. The predicted octanol–water partition coefficient (Wildman–Crippen LogP) is 17.8. The molecule has 0 radical (unpaired) electrons. The maximum absolute atomic E-state index is 16.7. The molecule has 0 atom stereocenters. The van der Waals surface area contributed by atoms with Gasteiger partial charge in [0, 0.05) is 45.4 Å². The number of anilines is 6. The molecule has 0 saturated carbocycles. The molecule has 356 valence electrons. The Hall–Kier alpha value is -7.22. The third-order valence-corrected chi connectivity index (χ3v) is 17.7. The van der Waals surface area contributed by atoms with Crippen LogP contribution >= 0.6 is 0 Å². The Morgan fingerprint density at radius 3 is 1.11 bits per heavy atom. The van der Waals surface area contributed by atoms with E-state index < -0.39 is 51.2 Å². The van der Waals surface area contributed by atoms with Gasteiger partial charge in [0.05, 0.1) is 44.5 Å². The summed E-state index contributed by atoms with van der Waals surface area (Å²) in [6.07, 6.45) is -4.60. The van der Waals surface area contributed by atoms with E-state index >= 15 is 17.6 Å². The van der Waals surface area contributed by atoms with E-state index in [0.29, 0.717) is 28.3 Å². The normalized spacial score (nSPS) is 12.4. The first kappa shape index (κ1) is 47.5. The molecular weight excluding hydrogens is 938 g/mol. The number of hydrogen-bond acceptors (Lipinski definition) is 2. The number of nitrogens with zero attached hydrogens (tertiary/aromatic N) is 2. The zero-order chi connectivity index (χ0) is 50.3. The molecule has 0 saturated heterocycles. The first-order valence-electron chi connectivity index (χ1n) is 23.4. The Morgan fingerprint density at radius 1 is 0.380 bits per heavy atom. The van der Waals surface area contributed by atoms with Gasteiger partial charge in [-0.3, -0.25) is 0 Å². The number of alkyl halides is 3. The van der Waals surface area contributed by atoms with Crippen LogP contribution in [-0.4, -0.2) is 16.1 Å². The van der Waals surface area contributed by atoms with Crippen LogP contribution in [0.3, 0.4) is 0 Å². The molecule has 0 aliphatic heterocycles. The number of rotatable bonds is 10. The Bertz CT molecular complexity index is 3630. The summed E-state index contributed by atoms with van der Waals surface area (Å²) >= 11 is 0. The van der Waals surface area contributed by atoms with Crippen LogP contribution in [0.25, 0.3) is 54.6 Å². The quantitative estimate of drug-likeness (QED) is 0.0765. The summed E-state index contributed by atoms with van der Waals surface area (Å²) in [4.78, 5) is 3.58. The second kappa shape index (κ2) is 17.6. The smallest absolute Gasteiger partial charge is 0.307 e. The summed E-state index contributed by atoms with van der Waals surface area (Å²) in [5, 5.41) is 7.33. The first-order chi connectivity index (χ1) is 33.7. The summed E-state index contributed by atoms with van der Waals surface area (Å²) in [6, 6.07) is 48.0. The topological polar surface area (TPSA) is 6.48 Å². The lowest BCUT2D eigenvalue weighted by molar-refractivity contribution is -0.137. The molecule has 10 aromatic rings. The summed E-state index contributed by atoms with van der Waals surface area (Å²) in [5.41, 5.74) is 3.65. The molecular formula is C60H49F7N2Si2. The second-order valence-electron chi connectivity index (χ2n) is 20.4. The molecule has 0 aliphatic carbocycles. The molecule has 0 heterocycles. The van der Waals surface area contributed by atoms with Crippen LogP contribution in [0.15, 0.2) is 170 Å². The SMILES string of the molecule is Cc1ccc(-c2cc(N(c3ccc([Si](C)(C)C)cc3)c3ccc4ccc5c(N(c6ccc([Si](C)(C)C)cc6)c6cc(-c7ccc(C(F)(F)F)cc7)c(F)cc6F)ccc6ccc3c4c65)c(F)cc2F)cc1. The summed E-state index contributed by atoms with van der Waals surface area (Å²) in [6.45, 7) is 15.4. The highest BCUT2D eigenvalue weighted by atomic mass is 28.3. The van der Waals surface area contributed by atoms with E-state index in [9.17, 15) is 13.2 Å². The van der Waals surface area contributed by atoms with Crippen LogP contribution in [0.4, 0.5) is 64.9 Å². The fourth-order valence-corrected chi connectivity index (χ4v) is 12.0. The van der Waals surface area contributed by atoms with E-state index in [1.807, 2.05) is 121 Å². The minimum absolute atomic E-state index is 0.0121. The van der Waals surface area contributed by atoms with Crippen molar-refractivity contribution in [3.05, 3.63) is 204 Å². The van der Waals surface area contributed by atoms with Crippen molar-refractivity contribution in [2.24, 2.45) is 0 Å². The van der Waals surface area contributed by atoms with Crippen LogP contribution < -0.4 is 20.2 Å². The van der Waals surface area contributed by atoms with E-state index in [4.69, 9.17) is 0 Å². The van der Waals surface area contributed by atoms with E-state index in [1.54, 1.807) is 11.0 Å². The zero-order valence-corrected chi connectivity index (χ0v) is 42.2. The number of hydrogen-bond donors (Lipinski definition) is 0. The van der Waals surface area contributed by atoms with Crippen LogP contribution in [-0.2, 0) is 6.18 Å². The average molecular weight is 987 g/mol. The Balaban J connectivity index is 1.21. The van der Waals surface area contributed by atoms with Gasteiger partial charge in [0.15, 0.2) is 0 Å². The predicted molar refractivity (Wildman–Crippen MR) is 286 cm³/mol. The van der Waals surface area contributed by atoms with E-state index in [0.717, 1.165) is 67.3 Å². The van der Waals surface area contributed by atoms with Gasteiger partial charge in [-0.05, 0) is 100 Å². The van der Waals surface area contributed by atoms with Gasteiger partial charge in [-0.25, -0.2) is 17.6 Å². The molecule has 0 spiro atoms. The monoisotopic (exact) mass is 986 g/mol. The zero-order valence-electron chi connectivity index (χ0n) is 40.2. The minimum Gasteiger partial charge on any atom is -0.307 e. The van der Waals surface area contributed by atoms with Crippen LogP contribution in [0, 0.1) is 30.2 Å². The minimum atomic E-state index is -4.60. The van der Waals surface area contributed by atoms with E-state index in [2.05, 4.69) is 51.4 Å². The van der Waals surface area contributed by atoms with Gasteiger partial charge < -0.3 is 9.80 Å². The molecule has 0 amide bonds. The van der Waals surface area contributed by atoms with Gasteiger partial charge >= 0.3 is 6.18 Å². The first-order valence-corrected chi connectivity index (χ1v) is 30.4. The molecule has 0 bridgehead atoms. The fraction of sp³-hybridized carbons (Fsp3) is 0.133. The molecule has 0 N–H and O–H groups in total. The molecule has 11 heteroatoms. The van der Waals surface area contributed by atoms with Crippen molar-refractivity contribution in [1.29, 1.82) is 0 Å². The van der Waals surface area contributed by atoms with Crippen molar-refractivity contribution in [2.75, 3.05) is 9.80 Å². The third-order valence-electron chi connectivity index (χ3n) is 13.5. The second-order valence-corrected chi connectivity index (χ2v) is 30.5. The van der Waals surface area contributed by atoms with E-state index in [1.165, 1.54) is 23.4 Å². The van der Waals surface area contributed by atoms with Gasteiger partial charge in [0.2, 0.25) is 0 Å². The molecule has 0 aliphatic rings. The van der Waals surface area contributed by atoms with Crippen molar-refractivity contribution >= 4 is 93.0 Å². The summed E-state index contributed by atoms with van der Waals surface area (Å²) < 4.78 is 106. The lowest BCUT2D eigenvalue weighted by atomic mass is 9.91. The highest BCUT2D eigenvalue weighted by Crippen LogP contribution is 2.49. The highest BCUT2D eigenvalue weighted by molar-refractivity contribution is 6.89. The standard InChI is InChI=1S/C60H49F7N2Si2/c1-36-8-10-37(11-9-36)48-32-56(52(63)34-50(48)61)68(42-20-24-44(25-21-42)70(2,3)4)54-30-16-39-15-29-47-55(31-17-40-14-28-46(54)58(39)59(40)47)69(43-22-26-45(27-23-43)71(5,6)7)57-33-49(51(62)35-53(57)64)38-12-18-41(19-13-38)60(65,66)67/h8-35H,1-7H3. The number of halogens is 7. The molecule has 71 heavy (non-hydrogen) atoms. The number of aryl methyl sites for hydroxylation is 1. The lowest BCUT2D eigenvalue weighted by Gasteiger charge is -2.30. The van der Waals surface area contributed by atoms with Gasteiger partial charge in [0.25, 0.3) is 0 Å². The van der Waals surface area contributed by atoms with Crippen molar-refractivity contribution in [1.82, 2.24) is 0 Å². The third kappa shape index (κ3) is 8.75. The molecule has 2 nitrogen and oxygen atoms in total. The Labute approximate surface area is 410 Å².